The van der Waals surface area contributed by atoms with E-state index in [-0.39, 0.29) is 31.2 Å². The summed E-state index contributed by atoms with van der Waals surface area (Å²) in [6.45, 7) is 0. The summed E-state index contributed by atoms with van der Waals surface area (Å²) in [5.41, 5.74) is -0.215. The Labute approximate surface area is 117 Å². The summed E-state index contributed by atoms with van der Waals surface area (Å²) in [7, 11) is 0. The maximum Gasteiger partial charge on any atom is 0.329 e. The van der Waals surface area contributed by atoms with Gasteiger partial charge in [0, 0.05) is 11.6 Å². The van der Waals surface area contributed by atoms with Gasteiger partial charge in [0.25, 0.3) is 0 Å². The number of rotatable bonds is 2. The van der Waals surface area contributed by atoms with Gasteiger partial charge in [0.1, 0.15) is 6.07 Å². The minimum absolute atomic E-state index is 0.00994. The lowest BCUT2D eigenvalue weighted by molar-refractivity contribution is -0.131. The fourth-order valence-electron chi connectivity index (χ4n) is 1.09. The molecule has 0 bridgehead atoms. The maximum absolute atomic E-state index is 10.6. The molecule has 1 N–H and O–H groups in total. The van der Waals surface area contributed by atoms with Crippen LogP contribution in [-0.2, 0) is 4.79 Å². The van der Waals surface area contributed by atoms with Crippen LogP contribution in [0.5, 0.6) is 0 Å². The van der Waals surface area contributed by atoms with Crippen molar-refractivity contribution in [3.05, 3.63) is 37.8 Å². The molecule has 0 radical (unpaired) electrons. The van der Waals surface area contributed by atoms with Gasteiger partial charge in [-0.2, -0.15) is 5.26 Å². The standard InChI is InChI=1S/C10H3Cl4NO2/c11-5-2-6(12)10(14)8(9(5)13)4(3-15)1-7(16)17/h1-2H,(H,16,17). The molecule has 0 aromatic heterocycles. The van der Waals surface area contributed by atoms with E-state index in [9.17, 15) is 4.79 Å². The van der Waals surface area contributed by atoms with E-state index in [4.69, 9.17) is 56.8 Å². The van der Waals surface area contributed by atoms with Gasteiger partial charge in [0.15, 0.2) is 0 Å². The Hall–Kier alpha value is -0.920. The highest BCUT2D eigenvalue weighted by molar-refractivity contribution is 6.49. The smallest absolute Gasteiger partial charge is 0.329 e. The topological polar surface area (TPSA) is 61.1 Å². The molecular formula is C10H3Cl4NO2. The van der Waals surface area contributed by atoms with Crippen LogP contribution < -0.4 is 0 Å². The van der Waals surface area contributed by atoms with Crippen LogP contribution in [0.1, 0.15) is 5.56 Å². The number of aliphatic carboxylic acids is 1. The second kappa shape index (κ2) is 5.61. The summed E-state index contributed by atoms with van der Waals surface area (Å²) >= 11 is 23.3. The largest absolute Gasteiger partial charge is 0.478 e. The van der Waals surface area contributed by atoms with Crippen molar-refractivity contribution in [3.63, 3.8) is 0 Å². The third-order valence-electron chi connectivity index (χ3n) is 1.77. The Balaban J connectivity index is 3.61. The average Bonchev–Trinajstić information content (AvgIpc) is 2.24. The summed E-state index contributed by atoms with van der Waals surface area (Å²) in [5.74, 6) is -1.30. The van der Waals surface area contributed by atoms with E-state index in [0.29, 0.717) is 6.08 Å². The van der Waals surface area contributed by atoms with Crippen LogP contribution in [0.25, 0.3) is 5.57 Å². The zero-order valence-corrected chi connectivity index (χ0v) is 11.0. The van der Waals surface area contributed by atoms with Crippen molar-refractivity contribution >= 4 is 57.9 Å². The first-order chi connectivity index (χ1) is 7.88. The fourth-order valence-corrected chi connectivity index (χ4v) is 2.11. The zero-order valence-electron chi connectivity index (χ0n) is 7.97. The monoisotopic (exact) mass is 309 g/mol. The number of carbonyl (C=O) groups is 1. The highest BCUT2D eigenvalue weighted by Crippen LogP contribution is 2.40. The molecule has 7 heteroatoms. The van der Waals surface area contributed by atoms with E-state index in [0.717, 1.165) is 0 Å². The van der Waals surface area contributed by atoms with E-state index in [1.807, 2.05) is 0 Å². The molecule has 17 heavy (non-hydrogen) atoms. The van der Waals surface area contributed by atoms with Gasteiger partial charge < -0.3 is 5.11 Å². The lowest BCUT2D eigenvalue weighted by Gasteiger charge is -2.08. The molecule has 88 valence electrons. The van der Waals surface area contributed by atoms with Crippen molar-refractivity contribution in [2.75, 3.05) is 0 Å². The van der Waals surface area contributed by atoms with Crippen LogP contribution >= 0.6 is 46.4 Å². The van der Waals surface area contributed by atoms with Crippen LogP contribution in [0.3, 0.4) is 0 Å². The first-order valence-corrected chi connectivity index (χ1v) is 5.57. The SMILES string of the molecule is N#CC(=CC(=O)O)c1c(Cl)c(Cl)cc(Cl)c1Cl. The van der Waals surface area contributed by atoms with Crippen LogP contribution in [0.15, 0.2) is 12.1 Å². The summed E-state index contributed by atoms with van der Waals surface area (Å²) in [6.07, 6.45) is 0.680. The zero-order chi connectivity index (χ0) is 13.2. The maximum atomic E-state index is 10.6. The Bertz CT molecular complexity index is 534. The molecule has 0 fully saturated rings. The van der Waals surface area contributed by atoms with Gasteiger partial charge in [-0.3, -0.25) is 0 Å². The van der Waals surface area contributed by atoms with Crippen molar-refractivity contribution in [1.29, 1.82) is 5.26 Å². The van der Waals surface area contributed by atoms with Crippen molar-refractivity contribution < 1.29 is 9.90 Å². The molecule has 0 aliphatic carbocycles. The van der Waals surface area contributed by atoms with Gasteiger partial charge in [0.05, 0.1) is 25.7 Å². The van der Waals surface area contributed by atoms with Crippen molar-refractivity contribution in [1.82, 2.24) is 0 Å². The number of carboxylic acids is 1. The van der Waals surface area contributed by atoms with E-state index in [2.05, 4.69) is 0 Å². The lowest BCUT2D eigenvalue weighted by Crippen LogP contribution is -1.94. The lowest BCUT2D eigenvalue weighted by atomic mass is 10.1. The van der Waals surface area contributed by atoms with Gasteiger partial charge in [-0.25, -0.2) is 4.79 Å². The minimum Gasteiger partial charge on any atom is -0.478 e. The molecule has 0 spiro atoms. The number of hydrogen-bond acceptors (Lipinski definition) is 2. The van der Waals surface area contributed by atoms with Crippen LogP contribution in [-0.4, -0.2) is 11.1 Å². The molecule has 0 saturated heterocycles. The van der Waals surface area contributed by atoms with Gasteiger partial charge >= 0.3 is 5.97 Å². The van der Waals surface area contributed by atoms with Crippen molar-refractivity contribution in [2.45, 2.75) is 0 Å². The molecule has 0 heterocycles. The molecule has 0 saturated carbocycles. The number of carboxylic acid groups (broad SMARTS) is 1. The third-order valence-corrected chi connectivity index (χ3v) is 3.34. The van der Waals surface area contributed by atoms with Gasteiger partial charge in [-0.15, -0.1) is 0 Å². The molecule has 0 atom stereocenters. The molecule has 0 unspecified atom stereocenters. The number of allylic oxidation sites excluding steroid dienone is 1. The molecule has 0 aliphatic rings. The van der Waals surface area contributed by atoms with Gasteiger partial charge in [-0.1, -0.05) is 46.4 Å². The molecular weight excluding hydrogens is 308 g/mol. The Kier molecular flexibility index (Phi) is 4.67. The van der Waals surface area contributed by atoms with Gasteiger partial charge in [0.2, 0.25) is 0 Å². The number of benzene rings is 1. The number of nitrogens with zero attached hydrogens (tertiary/aromatic N) is 1. The Morgan fingerprint density at radius 1 is 1.24 bits per heavy atom. The van der Waals surface area contributed by atoms with Crippen LogP contribution in [0.2, 0.25) is 20.1 Å². The summed E-state index contributed by atoms with van der Waals surface area (Å²) in [6, 6.07) is 2.99. The number of halogens is 4. The molecule has 1 rings (SSSR count). The molecule has 1 aromatic rings. The molecule has 1 aromatic carbocycles. The second-order valence-corrected chi connectivity index (χ2v) is 4.42. The average molecular weight is 311 g/mol. The highest BCUT2D eigenvalue weighted by atomic mass is 35.5. The van der Waals surface area contributed by atoms with Crippen LogP contribution in [0.4, 0.5) is 0 Å². The number of hydrogen-bond donors (Lipinski definition) is 1. The molecule has 3 nitrogen and oxygen atoms in total. The summed E-state index contributed by atoms with van der Waals surface area (Å²) < 4.78 is 0. The summed E-state index contributed by atoms with van der Waals surface area (Å²) in [5, 5.41) is 17.6. The molecule has 0 aliphatic heterocycles. The first-order valence-electron chi connectivity index (χ1n) is 4.06. The van der Waals surface area contributed by atoms with Crippen molar-refractivity contribution in [3.8, 4) is 6.07 Å². The van der Waals surface area contributed by atoms with E-state index in [1.165, 1.54) is 6.07 Å². The van der Waals surface area contributed by atoms with Crippen molar-refractivity contribution in [2.24, 2.45) is 0 Å². The predicted molar refractivity (Wildman–Crippen MR) is 67.7 cm³/mol. The van der Waals surface area contributed by atoms with E-state index >= 15 is 0 Å². The summed E-state index contributed by atoms with van der Waals surface area (Å²) in [4.78, 5) is 10.6. The first kappa shape index (κ1) is 14.1. The van der Waals surface area contributed by atoms with E-state index < -0.39 is 5.97 Å². The fraction of sp³-hybridized carbons (Fsp3) is 0. The molecule has 0 amide bonds. The van der Waals surface area contributed by atoms with Gasteiger partial charge in [-0.05, 0) is 6.07 Å². The minimum atomic E-state index is -1.30. The number of nitriles is 1. The normalized spacial score (nSPS) is 11.1. The third kappa shape index (κ3) is 3.05. The second-order valence-electron chi connectivity index (χ2n) is 2.85. The Morgan fingerprint density at radius 3 is 2.06 bits per heavy atom. The predicted octanol–water partition coefficient (Wildman–Crippen LogP) is 4.29. The Morgan fingerprint density at radius 2 is 1.71 bits per heavy atom. The quantitative estimate of drug-likeness (QED) is 0.503. The van der Waals surface area contributed by atoms with E-state index in [1.54, 1.807) is 6.07 Å². The van der Waals surface area contributed by atoms with Crippen LogP contribution in [0, 0.1) is 11.3 Å². The highest BCUT2D eigenvalue weighted by Gasteiger charge is 2.18.